The summed E-state index contributed by atoms with van der Waals surface area (Å²) in [6.07, 6.45) is 5.25. The smallest absolute Gasteiger partial charge is 0.326 e. The highest BCUT2D eigenvalue weighted by molar-refractivity contribution is 7.95. The molecule has 2 aromatic rings. The van der Waals surface area contributed by atoms with Gasteiger partial charge in [0, 0.05) is 32.5 Å². The van der Waals surface area contributed by atoms with Crippen LogP contribution in [0.15, 0.2) is 17.6 Å². The number of imidazole rings is 1. The number of aliphatic carboxylic acids is 1. The van der Waals surface area contributed by atoms with Crippen LogP contribution in [0.5, 0.6) is 0 Å². The Kier molecular flexibility index (Phi) is 4.16. The normalized spacial score (nSPS) is 23.7. The zero-order valence-corrected chi connectivity index (χ0v) is 15.1. The van der Waals surface area contributed by atoms with Crippen LogP contribution in [0.1, 0.15) is 42.9 Å². The van der Waals surface area contributed by atoms with Crippen molar-refractivity contribution in [2.45, 2.75) is 42.7 Å². The Bertz CT molecular complexity index is 885. The summed E-state index contributed by atoms with van der Waals surface area (Å²) in [6, 6.07) is -0.620. The number of hydrogen-bond donors (Lipinski definition) is 1. The fourth-order valence-electron chi connectivity index (χ4n) is 3.76. The van der Waals surface area contributed by atoms with Crippen molar-refractivity contribution in [2.24, 2.45) is 7.05 Å². The van der Waals surface area contributed by atoms with Crippen molar-refractivity contribution in [3.8, 4) is 0 Å². The molecule has 4 heterocycles. The summed E-state index contributed by atoms with van der Waals surface area (Å²) in [5.74, 6) is 0.502. The van der Waals surface area contributed by atoms with Crippen LogP contribution in [0.3, 0.4) is 0 Å². The third-order valence-corrected chi connectivity index (χ3v) is 6.92. The molecule has 2 aromatic heterocycles. The first-order valence-electron chi connectivity index (χ1n) is 8.52. The molecule has 1 fully saturated rings. The highest BCUT2D eigenvalue weighted by Gasteiger charge is 2.39. The molecule has 1 saturated heterocycles. The largest absolute Gasteiger partial charge is 0.591 e. The molecule has 0 amide bonds. The van der Waals surface area contributed by atoms with Crippen molar-refractivity contribution in [1.29, 1.82) is 0 Å². The lowest BCUT2D eigenvalue weighted by Gasteiger charge is -2.32. The maximum absolute atomic E-state index is 12.7. The Morgan fingerprint density at radius 3 is 2.65 bits per heavy atom. The van der Waals surface area contributed by atoms with Gasteiger partial charge in [0.05, 0.1) is 12.5 Å². The van der Waals surface area contributed by atoms with Crippen molar-refractivity contribution in [2.75, 3.05) is 13.1 Å². The summed E-state index contributed by atoms with van der Waals surface area (Å²) in [5.41, 5.74) is 0. The molecule has 2 unspecified atom stereocenters. The lowest BCUT2D eigenvalue weighted by molar-refractivity contribution is -0.140. The summed E-state index contributed by atoms with van der Waals surface area (Å²) in [4.78, 5) is 15.4. The molecule has 10 nitrogen and oxygen atoms in total. The minimum absolute atomic E-state index is 0.00591. The van der Waals surface area contributed by atoms with Crippen molar-refractivity contribution >= 4 is 16.4 Å². The van der Waals surface area contributed by atoms with E-state index in [0.29, 0.717) is 50.4 Å². The van der Waals surface area contributed by atoms with Crippen LogP contribution in [0, 0.1) is 0 Å². The minimum atomic E-state index is -3.60. The minimum Gasteiger partial charge on any atom is -0.591 e. The van der Waals surface area contributed by atoms with Crippen LogP contribution in [0.4, 0.5) is 0 Å². The molecule has 2 aliphatic heterocycles. The van der Waals surface area contributed by atoms with Crippen LogP contribution >= 0.6 is 0 Å². The molecule has 140 valence electrons. The van der Waals surface area contributed by atoms with Gasteiger partial charge < -0.3 is 18.8 Å². The van der Waals surface area contributed by atoms with Gasteiger partial charge in [-0.1, -0.05) is 4.21 Å². The first-order valence-corrected chi connectivity index (χ1v) is 9.96. The lowest BCUT2D eigenvalue weighted by atomic mass is 9.97. The van der Waals surface area contributed by atoms with Crippen LogP contribution in [-0.2, 0) is 32.9 Å². The number of carboxylic acid groups (broad SMARTS) is 1. The molecule has 4 rings (SSSR count). The molecule has 0 radical (unpaired) electrons. The summed E-state index contributed by atoms with van der Waals surface area (Å²) in [6.45, 7) is 0.701. The Morgan fingerprint density at radius 1 is 1.31 bits per heavy atom. The van der Waals surface area contributed by atoms with Gasteiger partial charge in [-0.25, -0.2) is 4.79 Å². The summed E-state index contributed by atoms with van der Waals surface area (Å²) < 4.78 is 30.1. The van der Waals surface area contributed by atoms with E-state index < -0.39 is 22.4 Å². The molecule has 0 spiro atoms. The fourth-order valence-corrected chi connectivity index (χ4v) is 5.20. The SMILES string of the molecule is Cn1cnc([S+](=O)([O-])N2CCC(c3nnc4n3C(C(=O)O)CC4)CC2)c1. The number of aromatic nitrogens is 5. The third kappa shape index (κ3) is 2.75. The Morgan fingerprint density at radius 2 is 2.04 bits per heavy atom. The average Bonchev–Trinajstić information content (AvgIpc) is 3.30. The molecule has 0 bridgehead atoms. The van der Waals surface area contributed by atoms with Crippen LogP contribution in [0.2, 0.25) is 0 Å². The molecule has 11 heteroatoms. The predicted molar refractivity (Wildman–Crippen MR) is 88.9 cm³/mol. The second-order valence-electron chi connectivity index (χ2n) is 6.79. The van der Waals surface area contributed by atoms with Crippen LogP contribution in [-0.4, -0.2) is 57.3 Å². The molecule has 0 aromatic carbocycles. The lowest BCUT2D eigenvalue weighted by Crippen LogP contribution is -2.42. The number of rotatable bonds is 4. The molecule has 1 N–H and O–H groups in total. The zero-order valence-electron chi connectivity index (χ0n) is 14.3. The van der Waals surface area contributed by atoms with Crippen molar-refractivity contribution < 1.29 is 18.7 Å². The van der Waals surface area contributed by atoms with E-state index in [0.717, 1.165) is 0 Å². The van der Waals surface area contributed by atoms with E-state index in [1.54, 1.807) is 16.2 Å². The van der Waals surface area contributed by atoms with Crippen molar-refractivity contribution in [3.63, 3.8) is 0 Å². The zero-order chi connectivity index (χ0) is 18.5. The first-order chi connectivity index (χ1) is 12.4. The van der Waals surface area contributed by atoms with E-state index in [2.05, 4.69) is 15.2 Å². The highest BCUT2D eigenvalue weighted by atomic mass is 32.3. The number of fused-ring (bicyclic) bond motifs is 1. The van der Waals surface area contributed by atoms with Gasteiger partial charge in [0.2, 0.25) is 0 Å². The van der Waals surface area contributed by atoms with Gasteiger partial charge in [-0.05, 0) is 19.3 Å². The summed E-state index contributed by atoms with van der Waals surface area (Å²) in [7, 11) is -1.88. The topological polar surface area (TPSA) is 129 Å². The molecule has 26 heavy (non-hydrogen) atoms. The van der Waals surface area contributed by atoms with Gasteiger partial charge >= 0.3 is 5.97 Å². The number of carbonyl (C=O) groups is 1. The van der Waals surface area contributed by atoms with E-state index >= 15 is 0 Å². The van der Waals surface area contributed by atoms with Gasteiger partial charge in [0.1, 0.15) is 17.7 Å². The number of sulfonamides is 1. The summed E-state index contributed by atoms with van der Waals surface area (Å²) >= 11 is 0. The molecular weight excluding hydrogens is 360 g/mol. The van der Waals surface area contributed by atoms with Crippen molar-refractivity contribution in [3.05, 3.63) is 24.2 Å². The van der Waals surface area contributed by atoms with E-state index in [-0.39, 0.29) is 10.9 Å². The number of nitrogens with zero attached hydrogens (tertiary/aromatic N) is 6. The Labute approximate surface area is 151 Å². The Balaban J connectivity index is 1.50. The van der Waals surface area contributed by atoms with E-state index in [9.17, 15) is 18.7 Å². The predicted octanol–water partition coefficient (Wildman–Crippen LogP) is 0.367. The number of aryl methyl sites for hydroxylation is 2. The monoisotopic (exact) mass is 380 g/mol. The number of carboxylic acids is 1. The van der Waals surface area contributed by atoms with E-state index in [4.69, 9.17) is 0 Å². The van der Waals surface area contributed by atoms with E-state index in [1.165, 1.54) is 16.8 Å². The fraction of sp³-hybridized carbons (Fsp3) is 0.600. The van der Waals surface area contributed by atoms with Gasteiger partial charge in [-0.2, -0.15) is 4.98 Å². The van der Waals surface area contributed by atoms with Gasteiger partial charge in [-0.15, -0.1) is 14.5 Å². The average molecular weight is 380 g/mol. The van der Waals surface area contributed by atoms with Gasteiger partial charge in [0.15, 0.2) is 10.4 Å². The molecule has 2 atom stereocenters. The third-order valence-electron chi connectivity index (χ3n) is 5.14. The van der Waals surface area contributed by atoms with Gasteiger partial charge in [0.25, 0.3) is 5.03 Å². The molecule has 0 saturated carbocycles. The number of hydrogen-bond acceptors (Lipinski definition) is 6. The standard InChI is InChI=1S/C15H20N6O4S/c1-19-8-13(16-9-19)26(24,25)20-6-4-10(5-7-20)14-18-17-12-3-2-11(15(22)23)21(12)14/h8-11H,2-7H2,1H3,(H-,22,23,24,25). The first kappa shape index (κ1) is 17.3. The second-order valence-corrected chi connectivity index (χ2v) is 8.68. The molecule has 2 aliphatic rings. The van der Waals surface area contributed by atoms with E-state index in [1.807, 2.05) is 0 Å². The quantitative estimate of drug-likeness (QED) is 0.758. The maximum atomic E-state index is 12.7. The highest BCUT2D eigenvalue weighted by Crippen LogP contribution is 2.35. The van der Waals surface area contributed by atoms with Crippen molar-refractivity contribution in [1.82, 2.24) is 28.6 Å². The molecule has 0 aliphatic carbocycles. The number of piperidine rings is 1. The maximum Gasteiger partial charge on any atom is 0.326 e. The van der Waals surface area contributed by atoms with Crippen LogP contribution in [0.25, 0.3) is 0 Å². The molecular formula is C15H20N6O4S. The second kappa shape index (κ2) is 6.25. The Hall–Kier alpha value is -2.11. The van der Waals surface area contributed by atoms with Crippen LogP contribution < -0.4 is 0 Å². The summed E-state index contributed by atoms with van der Waals surface area (Å²) in [5, 5.41) is 17.8. The van der Waals surface area contributed by atoms with Gasteiger partial charge in [-0.3, -0.25) is 0 Å².